The molecule has 0 spiro atoms. The third-order valence-electron chi connectivity index (χ3n) is 3.67. The van der Waals surface area contributed by atoms with Crippen LogP contribution in [0.15, 0.2) is 36.4 Å². The fraction of sp³-hybridized carbons (Fsp3) is 0.375. The molecule has 3 rings (SSSR count). The third kappa shape index (κ3) is 3.06. The average molecular weight is 272 g/mol. The lowest BCUT2D eigenvalue weighted by atomic mass is 9.99. The van der Waals surface area contributed by atoms with Gasteiger partial charge in [0, 0.05) is 28.9 Å². The molecule has 1 aromatic heterocycles. The Hall–Kier alpha value is -1.16. The first-order valence-corrected chi connectivity index (χ1v) is 7.72. The van der Waals surface area contributed by atoms with Gasteiger partial charge in [0.15, 0.2) is 0 Å². The summed E-state index contributed by atoms with van der Waals surface area (Å²) in [6.07, 6.45) is 1.15. The minimum Gasteiger partial charge on any atom is -0.313 e. The molecule has 2 nitrogen and oxygen atoms in total. The molecule has 1 aliphatic rings. The van der Waals surface area contributed by atoms with Crippen molar-refractivity contribution < 1.29 is 0 Å². The summed E-state index contributed by atoms with van der Waals surface area (Å²) in [5.41, 5.74) is 2.89. The monoisotopic (exact) mass is 272 g/mol. The van der Waals surface area contributed by atoms with E-state index >= 15 is 0 Å². The molecule has 0 fully saturated rings. The quantitative estimate of drug-likeness (QED) is 0.895. The van der Waals surface area contributed by atoms with Gasteiger partial charge in [0.1, 0.15) is 0 Å². The largest absolute Gasteiger partial charge is 0.313 e. The summed E-state index contributed by atoms with van der Waals surface area (Å²) in [5, 5.41) is 7.22. The number of thiophene rings is 1. The molecule has 0 bridgehead atoms. The van der Waals surface area contributed by atoms with E-state index in [1.165, 1.54) is 20.9 Å². The van der Waals surface area contributed by atoms with Crippen molar-refractivity contribution in [3.8, 4) is 0 Å². The minimum absolute atomic E-state index is 0.466. The zero-order valence-electron chi connectivity index (χ0n) is 11.3. The van der Waals surface area contributed by atoms with Crippen LogP contribution in [0.5, 0.6) is 0 Å². The van der Waals surface area contributed by atoms with Crippen molar-refractivity contribution in [2.45, 2.75) is 32.5 Å². The smallest absolute Gasteiger partial charge is 0.0338 e. The number of hydrogen-bond acceptors (Lipinski definition) is 3. The van der Waals surface area contributed by atoms with E-state index in [0.29, 0.717) is 6.04 Å². The number of aryl methyl sites for hydroxylation is 1. The molecule has 1 atom stereocenters. The van der Waals surface area contributed by atoms with Crippen LogP contribution in [0, 0.1) is 6.92 Å². The fourth-order valence-electron chi connectivity index (χ4n) is 2.68. The van der Waals surface area contributed by atoms with Gasteiger partial charge in [-0.3, -0.25) is 0 Å². The lowest BCUT2D eigenvalue weighted by Crippen LogP contribution is -2.22. The van der Waals surface area contributed by atoms with E-state index in [2.05, 4.69) is 54.0 Å². The first-order valence-electron chi connectivity index (χ1n) is 6.90. The number of benzene rings is 1. The Morgan fingerprint density at radius 1 is 1.26 bits per heavy atom. The summed E-state index contributed by atoms with van der Waals surface area (Å²) in [4.78, 5) is 2.81. The van der Waals surface area contributed by atoms with E-state index in [9.17, 15) is 0 Å². The van der Waals surface area contributed by atoms with E-state index < -0.39 is 0 Å². The molecule has 100 valence electrons. The van der Waals surface area contributed by atoms with E-state index in [-0.39, 0.29) is 0 Å². The molecule has 1 aromatic carbocycles. The van der Waals surface area contributed by atoms with Crippen LogP contribution in [0.25, 0.3) is 0 Å². The molecule has 0 aliphatic carbocycles. The molecular formula is C16H20N2S. The first kappa shape index (κ1) is 12.9. The highest BCUT2D eigenvalue weighted by atomic mass is 32.1. The maximum absolute atomic E-state index is 3.72. The average Bonchev–Trinajstić information content (AvgIpc) is 2.73. The minimum atomic E-state index is 0.466. The van der Waals surface area contributed by atoms with Crippen molar-refractivity contribution in [2.75, 3.05) is 6.54 Å². The van der Waals surface area contributed by atoms with Gasteiger partial charge in [0.2, 0.25) is 0 Å². The van der Waals surface area contributed by atoms with Gasteiger partial charge < -0.3 is 10.6 Å². The summed E-state index contributed by atoms with van der Waals surface area (Å²) < 4.78 is 0. The van der Waals surface area contributed by atoms with E-state index in [0.717, 1.165) is 26.1 Å². The fourth-order valence-corrected chi connectivity index (χ4v) is 3.52. The summed E-state index contributed by atoms with van der Waals surface area (Å²) in [5.74, 6) is 0. The second-order valence-corrected chi connectivity index (χ2v) is 6.48. The number of hydrogen-bond donors (Lipinski definition) is 2. The van der Waals surface area contributed by atoms with Crippen molar-refractivity contribution in [1.82, 2.24) is 10.6 Å². The van der Waals surface area contributed by atoms with Crippen LogP contribution in [-0.4, -0.2) is 6.54 Å². The highest BCUT2D eigenvalue weighted by molar-refractivity contribution is 7.11. The molecule has 0 saturated carbocycles. The van der Waals surface area contributed by atoms with Gasteiger partial charge in [-0.1, -0.05) is 24.3 Å². The molecule has 2 heterocycles. The predicted molar refractivity (Wildman–Crippen MR) is 81.4 cm³/mol. The SMILES string of the molecule is Cc1ccc(CNC2CCNCc3ccccc32)s1. The highest BCUT2D eigenvalue weighted by Crippen LogP contribution is 2.24. The zero-order chi connectivity index (χ0) is 13.1. The zero-order valence-corrected chi connectivity index (χ0v) is 12.1. The normalized spacial score (nSPS) is 18.9. The summed E-state index contributed by atoms with van der Waals surface area (Å²) >= 11 is 1.88. The highest BCUT2D eigenvalue weighted by Gasteiger charge is 2.17. The molecule has 1 aliphatic heterocycles. The molecule has 0 radical (unpaired) electrons. The first-order chi connectivity index (χ1) is 9.33. The molecule has 3 heteroatoms. The molecule has 2 aromatic rings. The van der Waals surface area contributed by atoms with E-state index in [1.54, 1.807) is 0 Å². The second-order valence-electron chi connectivity index (χ2n) is 5.11. The Morgan fingerprint density at radius 3 is 3.00 bits per heavy atom. The van der Waals surface area contributed by atoms with Gasteiger partial charge in [-0.15, -0.1) is 11.3 Å². The third-order valence-corrected chi connectivity index (χ3v) is 4.68. The Morgan fingerprint density at radius 2 is 2.16 bits per heavy atom. The van der Waals surface area contributed by atoms with Crippen LogP contribution in [0.3, 0.4) is 0 Å². The van der Waals surface area contributed by atoms with Crippen molar-refractivity contribution in [3.63, 3.8) is 0 Å². The van der Waals surface area contributed by atoms with Crippen LogP contribution in [-0.2, 0) is 13.1 Å². The number of rotatable bonds is 3. The molecular weight excluding hydrogens is 252 g/mol. The van der Waals surface area contributed by atoms with Gasteiger partial charge in [-0.25, -0.2) is 0 Å². The number of nitrogens with one attached hydrogen (secondary N) is 2. The van der Waals surface area contributed by atoms with Crippen LogP contribution in [0.4, 0.5) is 0 Å². The second kappa shape index (κ2) is 5.87. The molecule has 2 N–H and O–H groups in total. The van der Waals surface area contributed by atoms with Crippen LogP contribution in [0.1, 0.15) is 33.3 Å². The van der Waals surface area contributed by atoms with E-state index in [1.807, 2.05) is 11.3 Å². The van der Waals surface area contributed by atoms with Crippen LogP contribution >= 0.6 is 11.3 Å². The Labute approximate surface area is 118 Å². The van der Waals surface area contributed by atoms with Crippen molar-refractivity contribution in [3.05, 3.63) is 57.3 Å². The van der Waals surface area contributed by atoms with Crippen molar-refractivity contribution >= 4 is 11.3 Å². The lowest BCUT2D eigenvalue weighted by molar-refractivity contribution is 0.498. The molecule has 1 unspecified atom stereocenters. The summed E-state index contributed by atoms with van der Waals surface area (Å²) in [6.45, 7) is 5.21. The molecule has 19 heavy (non-hydrogen) atoms. The van der Waals surface area contributed by atoms with Gasteiger partial charge in [-0.2, -0.15) is 0 Å². The maximum Gasteiger partial charge on any atom is 0.0338 e. The topological polar surface area (TPSA) is 24.1 Å². The van der Waals surface area contributed by atoms with Crippen LogP contribution < -0.4 is 10.6 Å². The van der Waals surface area contributed by atoms with Gasteiger partial charge in [-0.05, 0) is 43.1 Å². The Kier molecular flexibility index (Phi) is 3.97. The van der Waals surface area contributed by atoms with Crippen molar-refractivity contribution in [2.24, 2.45) is 0 Å². The van der Waals surface area contributed by atoms with Gasteiger partial charge >= 0.3 is 0 Å². The maximum atomic E-state index is 3.72. The lowest BCUT2D eigenvalue weighted by Gasteiger charge is -2.18. The summed E-state index contributed by atoms with van der Waals surface area (Å²) in [6, 6.07) is 13.7. The van der Waals surface area contributed by atoms with Gasteiger partial charge in [0.05, 0.1) is 0 Å². The van der Waals surface area contributed by atoms with E-state index in [4.69, 9.17) is 0 Å². The standard InChI is InChI=1S/C16H20N2S/c1-12-6-7-14(19-12)11-18-16-8-9-17-10-13-4-2-3-5-15(13)16/h2-7,16-18H,8-11H2,1H3. The molecule has 0 amide bonds. The Bertz CT molecular complexity index is 547. The Balaban J connectivity index is 1.73. The molecule has 0 saturated heterocycles. The van der Waals surface area contributed by atoms with Crippen LogP contribution in [0.2, 0.25) is 0 Å². The number of fused-ring (bicyclic) bond motifs is 1. The summed E-state index contributed by atoms with van der Waals surface area (Å²) in [7, 11) is 0. The van der Waals surface area contributed by atoms with Gasteiger partial charge in [0.25, 0.3) is 0 Å². The van der Waals surface area contributed by atoms with Crippen molar-refractivity contribution in [1.29, 1.82) is 0 Å². The predicted octanol–water partition coefficient (Wildman–Crippen LogP) is 3.38.